The molecule has 3 nitrogen and oxygen atoms in total. The van der Waals surface area contributed by atoms with Crippen LogP contribution in [0, 0.1) is 13.8 Å². The molecule has 2 aromatic carbocycles. The van der Waals surface area contributed by atoms with Crippen molar-refractivity contribution in [1.29, 1.82) is 0 Å². The molecule has 1 aromatic heterocycles. The smallest absolute Gasteiger partial charge is 0.238 e. The highest BCUT2D eigenvalue weighted by atomic mass is 32.1. The fraction of sp³-hybridized carbons (Fsp3) is 0.261. The van der Waals surface area contributed by atoms with Crippen molar-refractivity contribution in [2.24, 2.45) is 0 Å². The predicted molar refractivity (Wildman–Crippen MR) is 115 cm³/mol. The molecule has 0 saturated heterocycles. The Morgan fingerprint density at radius 2 is 1.81 bits per heavy atom. The van der Waals surface area contributed by atoms with Crippen LogP contribution in [0.1, 0.15) is 40.1 Å². The number of aryl methyl sites for hydroxylation is 2. The quantitative estimate of drug-likeness (QED) is 0.590. The van der Waals surface area contributed by atoms with Gasteiger partial charge in [0.2, 0.25) is 5.91 Å². The molecular weight excluding hydrogens is 352 g/mol. The third kappa shape index (κ3) is 4.85. The first-order chi connectivity index (χ1) is 13.1. The first-order valence-electron chi connectivity index (χ1n) is 9.30. The first kappa shape index (κ1) is 19.3. The van der Waals surface area contributed by atoms with E-state index in [9.17, 15) is 4.79 Å². The van der Waals surface area contributed by atoms with E-state index in [1.807, 2.05) is 25.1 Å². The topological polar surface area (TPSA) is 41.1 Å². The van der Waals surface area contributed by atoms with E-state index in [1.165, 1.54) is 21.6 Å². The summed E-state index contributed by atoms with van der Waals surface area (Å²) in [6, 6.07) is 18.8. The monoisotopic (exact) mass is 378 g/mol. The normalized spacial score (nSPS) is 12.0. The summed E-state index contributed by atoms with van der Waals surface area (Å²) < 4.78 is 0. The lowest BCUT2D eigenvalue weighted by atomic mass is 10.0. The zero-order chi connectivity index (χ0) is 19.2. The van der Waals surface area contributed by atoms with E-state index >= 15 is 0 Å². The van der Waals surface area contributed by atoms with Crippen LogP contribution in [0.15, 0.2) is 60.0 Å². The molecule has 2 N–H and O–H groups in total. The van der Waals surface area contributed by atoms with Crippen LogP contribution in [-0.4, -0.2) is 12.5 Å². The lowest BCUT2D eigenvalue weighted by Gasteiger charge is -2.19. The molecule has 0 radical (unpaired) electrons. The Bertz CT molecular complexity index is 885. The zero-order valence-corrected chi connectivity index (χ0v) is 16.9. The third-order valence-corrected chi connectivity index (χ3v) is 5.83. The standard InChI is InChI=1S/C23H26N2OS/c1-4-18-10-12-19(13-11-18)23(21-9-6-14-27-21)24-15-22(26)25-20-8-5-7-16(2)17(20)3/h5-14,23-24H,4,15H2,1-3H3,(H,25,26)/t23-/m1/s1. The number of thiophene rings is 1. The fourth-order valence-corrected chi connectivity index (χ4v) is 3.89. The maximum absolute atomic E-state index is 12.5. The average Bonchev–Trinajstić information content (AvgIpc) is 3.20. The Hall–Kier alpha value is -2.43. The number of hydrogen-bond donors (Lipinski definition) is 2. The van der Waals surface area contributed by atoms with Gasteiger partial charge in [-0.1, -0.05) is 49.4 Å². The molecule has 4 heteroatoms. The molecule has 0 unspecified atom stereocenters. The number of carbonyl (C=O) groups excluding carboxylic acids is 1. The summed E-state index contributed by atoms with van der Waals surface area (Å²) in [5.41, 5.74) is 5.65. The second kappa shape index (κ2) is 8.98. The highest BCUT2D eigenvalue weighted by Crippen LogP contribution is 2.26. The largest absolute Gasteiger partial charge is 0.325 e. The highest BCUT2D eigenvalue weighted by Gasteiger charge is 2.16. The van der Waals surface area contributed by atoms with Crippen molar-refractivity contribution >= 4 is 22.9 Å². The summed E-state index contributed by atoms with van der Waals surface area (Å²) >= 11 is 1.70. The third-order valence-electron chi connectivity index (χ3n) is 4.89. The molecule has 0 bridgehead atoms. The summed E-state index contributed by atoms with van der Waals surface area (Å²) in [6.45, 7) is 6.49. The van der Waals surface area contributed by atoms with Gasteiger partial charge in [-0.25, -0.2) is 0 Å². The van der Waals surface area contributed by atoms with Gasteiger partial charge < -0.3 is 5.32 Å². The van der Waals surface area contributed by atoms with Crippen molar-refractivity contribution in [3.63, 3.8) is 0 Å². The first-order valence-corrected chi connectivity index (χ1v) is 10.2. The molecule has 3 aromatic rings. The van der Waals surface area contributed by atoms with Gasteiger partial charge in [-0.05, 0) is 60.0 Å². The minimum atomic E-state index is -0.0320. The van der Waals surface area contributed by atoms with Crippen molar-refractivity contribution in [2.75, 3.05) is 11.9 Å². The maximum atomic E-state index is 12.5. The Morgan fingerprint density at radius 1 is 1.04 bits per heavy atom. The minimum Gasteiger partial charge on any atom is -0.325 e. The maximum Gasteiger partial charge on any atom is 0.238 e. The molecule has 1 amide bonds. The van der Waals surface area contributed by atoms with Crippen LogP contribution in [0.2, 0.25) is 0 Å². The van der Waals surface area contributed by atoms with E-state index in [1.54, 1.807) is 11.3 Å². The Kier molecular flexibility index (Phi) is 6.43. The zero-order valence-electron chi connectivity index (χ0n) is 16.1. The van der Waals surface area contributed by atoms with Gasteiger partial charge in [0.1, 0.15) is 0 Å². The summed E-state index contributed by atoms with van der Waals surface area (Å²) in [6.07, 6.45) is 1.02. The molecule has 1 atom stereocenters. The second-order valence-corrected chi connectivity index (χ2v) is 7.70. The van der Waals surface area contributed by atoms with Crippen molar-refractivity contribution in [2.45, 2.75) is 33.2 Å². The molecular formula is C23H26N2OS. The van der Waals surface area contributed by atoms with Crippen molar-refractivity contribution in [1.82, 2.24) is 5.32 Å². The minimum absolute atomic E-state index is 0.0141. The number of benzene rings is 2. The number of nitrogens with one attached hydrogen (secondary N) is 2. The van der Waals surface area contributed by atoms with Crippen LogP contribution in [0.3, 0.4) is 0 Å². The summed E-state index contributed by atoms with van der Waals surface area (Å²) in [5.74, 6) is -0.0320. The van der Waals surface area contributed by atoms with Gasteiger partial charge in [0.05, 0.1) is 12.6 Å². The summed E-state index contributed by atoms with van der Waals surface area (Å²) in [7, 11) is 0. The fourth-order valence-electron chi connectivity index (χ4n) is 3.06. The molecule has 1 heterocycles. The van der Waals surface area contributed by atoms with Crippen LogP contribution in [0.25, 0.3) is 0 Å². The number of amides is 1. The highest BCUT2D eigenvalue weighted by molar-refractivity contribution is 7.10. The van der Waals surface area contributed by atoms with Gasteiger partial charge >= 0.3 is 0 Å². The molecule has 0 fully saturated rings. The van der Waals surface area contributed by atoms with Crippen LogP contribution < -0.4 is 10.6 Å². The van der Waals surface area contributed by atoms with Crippen molar-refractivity contribution < 1.29 is 4.79 Å². The number of hydrogen-bond acceptors (Lipinski definition) is 3. The number of anilines is 1. The van der Waals surface area contributed by atoms with Gasteiger partial charge in [0.15, 0.2) is 0 Å². The summed E-state index contributed by atoms with van der Waals surface area (Å²) in [4.78, 5) is 13.7. The SMILES string of the molecule is CCc1ccc([C@@H](NCC(=O)Nc2cccc(C)c2C)c2cccs2)cc1. The van der Waals surface area contributed by atoms with E-state index < -0.39 is 0 Å². The van der Waals surface area contributed by atoms with Crippen molar-refractivity contribution in [3.05, 3.63) is 87.1 Å². The molecule has 3 rings (SSSR count). The molecule has 0 aliphatic heterocycles. The summed E-state index contributed by atoms with van der Waals surface area (Å²) in [5, 5.41) is 8.52. The lowest BCUT2D eigenvalue weighted by molar-refractivity contribution is -0.115. The molecule has 0 aliphatic carbocycles. The van der Waals surface area contributed by atoms with Gasteiger partial charge in [-0.2, -0.15) is 0 Å². The van der Waals surface area contributed by atoms with Crippen molar-refractivity contribution in [3.8, 4) is 0 Å². The van der Waals surface area contributed by atoms with Gasteiger partial charge in [-0.15, -0.1) is 11.3 Å². The van der Waals surface area contributed by atoms with Gasteiger partial charge in [-0.3, -0.25) is 10.1 Å². The molecule has 140 valence electrons. The number of carbonyl (C=O) groups is 1. The molecule has 0 spiro atoms. The van der Waals surface area contributed by atoms with E-state index in [4.69, 9.17) is 0 Å². The average molecular weight is 379 g/mol. The van der Waals surface area contributed by atoms with E-state index in [0.717, 1.165) is 17.7 Å². The lowest BCUT2D eigenvalue weighted by Crippen LogP contribution is -2.31. The predicted octanol–water partition coefficient (Wildman–Crippen LogP) is 5.25. The van der Waals surface area contributed by atoms with Crippen LogP contribution in [0.5, 0.6) is 0 Å². The van der Waals surface area contributed by atoms with Crippen LogP contribution >= 0.6 is 11.3 Å². The van der Waals surface area contributed by atoms with Crippen LogP contribution in [-0.2, 0) is 11.2 Å². The molecule has 27 heavy (non-hydrogen) atoms. The van der Waals surface area contributed by atoms with Crippen LogP contribution in [0.4, 0.5) is 5.69 Å². The van der Waals surface area contributed by atoms with E-state index in [-0.39, 0.29) is 18.5 Å². The molecule has 0 saturated carbocycles. The Labute approximate surface area is 165 Å². The van der Waals surface area contributed by atoms with Gasteiger partial charge in [0, 0.05) is 10.6 Å². The Morgan fingerprint density at radius 3 is 2.48 bits per heavy atom. The van der Waals surface area contributed by atoms with E-state index in [0.29, 0.717) is 0 Å². The Balaban J connectivity index is 1.71. The molecule has 0 aliphatic rings. The van der Waals surface area contributed by atoms with Gasteiger partial charge in [0.25, 0.3) is 0 Å². The second-order valence-electron chi connectivity index (χ2n) is 6.72. The number of rotatable bonds is 7. The van der Waals surface area contributed by atoms with E-state index in [2.05, 4.69) is 66.3 Å².